The number of benzene rings is 1. The summed E-state index contributed by atoms with van der Waals surface area (Å²) in [5.41, 5.74) is 2.89. The smallest absolute Gasteiger partial charge is 0.265 e. The number of para-hydroxylation sites is 2. The molecule has 1 aliphatic heterocycles. The first kappa shape index (κ1) is 17.2. The van der Waals surface area contributed by atoms with Crippen LogP contribution in [0.1, 0.15) is 39.9 Å². The lowest BCUT2D eigenvalue weighted by molar-refractivity contribution is 0.0715. The van der Waals surface area contributed by atoms with E-state index in [0.717, 1.165) is 58.5 Å². The lowest BCUT2D eigenvalue weighted by Gasteiger charge is -2.30. The van der Waals surface area contributed by atoms with Gasteiger partial charge in [0.15, 0.2) is 5.13 Å². The topological polar surface area (TPSA) is 66.8 Å². The monoisotopic (exact) mass is 391 g/mol. The van der Waals surface area contributed by atoms with Crippen LogP contribution in [0, 0.1) is 6.92 Å². The summed E-state index contributed by atoms with van der Waals surface area (Å²) in [6.07, 6.45) is 5.75. The van der Waals surface area contributed by atoms with Crippen molar-refractivity contribution >= 4 is 28.3 Å². The SMILES string of the molecule is Cc1nc(-n2cccc2)sc1C(=O)N1CCC(c2nc3ccccc3[nH]2)CC1. The Morgan fingerprint density at radius 3 is 2.61 bits per heavy atom. The molecule has 0 spiro atoms. The Balaban J connectivity index is 1.29. The number of rotatable bonds is 3. The number of piperidine rings is 1. The third kappa shape index (κ3) is 3.01. The van der Waals surface area contributed by atoms with Crippen LogP contribution in [-0.2, 0) is 0 Å². The first-order valence-electron chi connectivity index (χ1n) is 9.54. The van der Waals surface area contributed by atoms with Gasteiger partial charge >= 0.3 is 0 Å². The molecule has 4 heterocycles. The number of aromatic nitrogens is 4. The molecule has 0 unspecified atom stereocenters. The van der Waals surface area contributed by atoms with Crippen LogP contribution in [0.4, 0.5) is 0 Å². The molecule has 4 aromatic rings. The molecule has 1 aromatic carbocycles. The molecule has 1 aliphatic rings. The van der Waals surface area contributed by atoms with Crippen molar-refractivity contribution in [3.63, 3.8) is 0 Å². The molecule has 0 saturated carbocycles. The number of aromatic amines is 1. The van der Waals surface area contributed by atoms with E-state index in [9.17, 15) is 4.79 Å². The molecule has 3 aromatic heterocycles. The Morgan fingerprint density at radius 2 is 1.86 bits per heavy atom. The second-order valence-electron chi connectivity index (χ2n) is 7.21. The van der Waals surface area contributed by atoms with Crippen molar-refractivity contribution in [3.8, 4) is 5.13 Å². The van der Waals surface area contributed by atoms with Crippen LogP contribution in [0.5, 0.6) is 0 Å². The van der Waals surface area contributed by atoms with E-state index in [-0.39, 0.29) is 5.91 Å². The normalized spacial score (nSPS) is 15.4. The number of thiazole rings is 1. The number of carbonyl (C=O) groups excluding carboxylic acids is 1. The average molecular weight is 392 g/mol. The number of nitrogens with zero attached hydrogens (tertiary/aromatic N) is 4. The van der Waals surface area contributed by atoms with Crippen molar-refractivity contribution in [1.82, 2.24) is 24.4 Å². The fraction of sp³-hybridized carbons (Fsp3) is 0.286. The lowest BCUT2D eigenvalue weighted by atomic mass is 9.96. The van der Waals surface area contributed by atoms with Crippen LogP contribution in [0.15, 0.2) is 48.8 Å². The van der Waals surface area contributed by atoms with E-state index in [1.165, 1.54) is 11.3 Å². The number of carbonyl (C=O) groups is 1. The summed E-state index contributed by atoms with van der Waals surface area (Å²) in [4.78, 5) is 28.5. The predicted octanol–water partition coefficient (Wildman–Crippen LogP) is 4.14. The number of hydrogen-bond donors (Lipinski definition) is 1. The van der Waals surface area contributed by atoms with Gasteiger partial charge in [-0.05, 0) is 44.0 Å². The van der Waals surface area contributed by atoms with E-state index >= 15 is 0 Å². The number of hydrogen-bond acceptors (Lipinski definition) is 4. The zero-order chi connectivity index (χ0) is 19.1. The molecule has 5 rings (SSSR count). The molecule has 1 saturated heterocycles. The van der Waals surface area contributed by atoms with Crippen molar-refractivity contribution in [2.45, 2.75) is 25.7 Å². The number of amides is 1. The summed E-state index contributed by atoms with van der Waals surface area (Å²) < 4.78 is 1.95. The van der Waals surface area contributed by atoms with Crippen molar-refractivity contribution < 1.29 is 4.79 Å². The standard InChI is InChI=1S/C21H21N5OS/c1-14-18(28-21(22-14)26-10-4-5-11-26)20(27)25-12-8-15(9-13-25)19-23-16-6-2-3-7-17(16)24-19/h2-7,10-11,15H,8-9,12-13H2,1H3,(H,23,24). The fourth-order valence-electron chi connectivity index (χ4n) is 3.82. The van der Waals surface area contributed by atoms with Crippen molar-refractivity contribution in [2.24, 2.45) is 0 Å². The van der Waals surface area contributed by atoms with Crippen molar-refractivity contribution in [1.29, 1.82) is 0 Å². The maximum Gasteiger partial charge on any atom is 0.265 e. The first-order valence-corrected chi connectivity index (χ1v) is 10.4. The highest BCUT2D eigenvalue weighted by atomic mass is 32.1. The van der Waals surface area contributed by atoms with E-state index in [1.807, 2.05) is 59.1 Å². The van der Waals surface area contributed by atoms with E-state index in [2.05, 4.69) is 16.0 Å². The number of likely N-dealkylation sites (tertiary alicyclic amines) is 1. The third-order valence-corrected chi connectivity index (χ3v) is 6.54. The van der Waals surface area contributed by atoms with Crippen molar-refractivity contribution in [2.75, 3.05) is 13.1 Å². The molecule has 7 heteroatoms. The number of imidazole rings is 1. The molecule has 0 atom stereocenters. The Hall–Kier alpha value is -2.93. The molecule has 0 bridgehead atoms. The minimum atomic E-state index is 0.0939. The van der Waals surface area contributed by atoms with Gasteiger partial charge in [-0.1, -0.05) is 23.5 Å². The Kier molecular flexibility index (Phi) is 4.24. The zero-order valence-corrected chi connectivity index (χ0v) is 16.4. The summed E-state index contributed by atoms with van der Waals surface area (Å²) in [6.45, 7) is 3.41. The van der Waals surface area contributed by atoms with Crippen molar-refractivity contribution in [3.05, 3.63) is 65.2 Å². The molecular weight excluding hydrogens is 370 g/mol. The third-order valence-electron chi connectivity index (χ3n) is 5.38. The van der Waals surface area contributed by atoms with Gasteiger partial charge in [0.25, 0.3) is 5.91 Å². The van der Waals surface area contributed by atoms with E-state index in [0.29, 0.717) is 5.92 Å². The van der Waals surface area contributed by atoms with Gasteiger partial charge in [-0.15, -0.1) is 0 Å². The summed E-state index contributed by atoms with van der Waals surface area (Å²) in [6, 6.07) is 12.0. The average Bonchev–Trinajstić information content (AvgIpc) is 3.46. The maximum absolute atomic E-state index is 13.1. The van der Waals surface area contributed by atoms with E-state index in [4.69, 9.17) is 4.98 Å². The highest BCUT2D eigenvalue weighted by Gasteiger charge is 2.28. The van der Waals surface area contributed by atoms with Crippen LogP contribution in [-0.4, -0.2) is 43.4 Å². The quantitative estimate of drug-likeness (QED) is 0.571. The second kappa shape index (κ2) is 6.91. The lowest BCUT2D eigenvalue weighted by Crippen LogP contribution is -2.38. The molecule has 0 aliphatic carbocycles. The fourth-order valence-corrected chi connectivity index (χ4v) is 4.82. The van der Waals surface area contributed by atoms with Crippen LogP contribution < -0.4 is 0 Å². The first-order chi connectivity index (χ1) is 13.7. The molecule has 142 valence electrons. The minimum absolute atomic E-state index is 0.0939. The molecule has 0 radical (unpaired) electrons. The van der Waals surface area contributed by atoms with Gasteiger partial charge < -0.3 is 14.5 Å². The van der Waals surface area contributed by atoms with Gasteiger partial charge in [0, 0.05) is 31.4 Å². The van der Waals surface area contributed by atoms with Crippen LogP contribution in [0.25, 0.3) is 16.2 Å². The van der Waals surface area contributed by atoms with Gasteiger partial charge in [-0.25, -0.2) is 9.97 Å². The van der Waals surface area contributed by atoms with Gasteiger partial charge in [0.2, 0.25) is 0 Å². The zero-order valence-electron chi connectivity index (χ0n) is 15.6. The van der Waals surface area contributed by atoms with Crippen LogP contribution in [0.3, 0.4) is 0 Å². The Bertz CT molecular complexity index is 1090. The second-order valence-corrected chi connectivity index (χ2v) is 8.18. The van der Waals surface area contributed by atoms with E-state index in [1.54, 1.807) is 0 Å². The number of nitrogens with one attached hydrogen (secondary N) is 1. The molecular formula is C21H21N5OS. The maximum atomic E-state index is 13.1. The number of H-pyrrole nitrogens is 1. The van der Waals surface area contributed by atoms with Crippen LogP contribution >= 0.6 is 11.3 Å². The largest absolute Gasteiger partial charge is 0.342 e. The van der Waals surface area contributed by atoms with Gasteiger partial charge in [0.1, 0.15) is 10.7 Å². The molecule has 1 amide bonds. The number of aryl methyl sites for hydroxylation is 1. The van der Waals surface area contributed by atoms with E-state index < -0.39 is 0 Å². The van der Waals surface area contributed by atoms with Gasteiger partial charge in [0.05, 0.1) is 16.7 Å². The highest BCUT2D eigenvalue weighted by Crippen LogP contribution is 2.30. The summed E-state index contributed by atoms with van der Waals surface area (Å²) in [7, 11) is 0. The number of fused-ring (bicyclic) bond motifs is 1. The highest BCUT2D eigenvalue weighted by molar-refractivity contribution is 7.16. The summed E-state index contributed by atoms with van der Waals surface area (Å²) >= 11 is 1.46. The predicted molar refractivity (Wildman–Crippen MR) is 110 cm³/mol. The Morgan fingerprint density at radius 1 is 1.11 bits per heavy atom. The van der Waals surface area contributed by atoms with Gasteiger partial charge in [-0.3, -0.25) is 4.79 Å². The molecule has 1 N–H and O–H groups in total. The van der Waals surface area contributed by atoms with Gasteiger partial charge in [-0.2, -0.15) is 0 Å². The molecule has 6 nitrogen and oxygen atoms in total. The molecule has 28 heavy (non-hydrogen) atoms. The summed E-state index contributed by atoms with van der Waals surface area (Å²) in [5.74, 6) is 1.50. The summed E-state index contributed by atoms with van der Waals surface area (Å²) in [5, 5.41) is 0.836. The minimum Gasteiger partial charge on any atom is -0.342 e. The van der Waals surface area contributed by atoms with Crippen LogP contribution in [0.2, 0.25) is 0 Å². The Labute approximate surface area is 166 Å². The molecule has 1 fully saturated rings.